The summed E-state index contributed by atoms with van der Waals surface area (Å²) in [6.07, 6.45) is 1.19. The Bertz CT molecular complexity index is 814. The minimum atomic E-state index is -1.07. The molecule has 2 aromatic rings. The van der Waals surface area contributed by atoms with Crippen LogP contribution in [0.3, 0.4) is 0 Å². The highest BCUT2D eigenvalue weighted by Gasteiger charge is 2.35. The largest absolute Gasteiger partial charge is 0.493 e. The molecule has 0 spiro atoms. The van der Waals surface area contributed by atoms with Crippen molar-refractivity contribution in [2.24, 2.45) is 0 Å². The predicted molar refractivity (Wildman–Crippen MR) is 81.0 cm³/mol. The molecule has 1 aromatic heterocycles. The molecule has 1 aromatic carbocycles. The highest BCUT2D eigenvalue weighted by molar-refractivity contribution is 6.35. The van der Waals surface area contributed by atoms with Gasteiger partial charge in [-0.1, -0.05) is 23.2 Å². The van der Waals surface area contributed by atoms with E-state index in [0.717, 1.165) is 10.8 Å². The van der Waals surface area contributed by atoms with Gasteiger partial charge in [-0.2, -0.15) is 0 Å². The molecule has 4 N–H and O–H groups in total. The molecule has 2 atom stereocenters. The van der Waals surface area contributed by atoms with Crippen molar-refractivity contribution in [1.29, 1.82) is 0 Å². The van der Waals surface area contributed by atoms with Crippen LogP contribution < -0.4 is 11.0 Å². The van der Waals surface area contributed by atoms with E-state index in [4.69, 9.17) is 23.2 Å². The first-order valence-electron chi connectivity index (χ1n) is 6.35. The first-order chi connectivity index (χ1) is 10.4. The van der Waals surface area contributed by atoms with Gasteiger partial charge in [0.25, 0.3) is 0 Å². The number of nitrogens with one attached hydrogen (secondary N) is 2. The molecule has 0 bridgehead atoms. The van der Waals surface area contributed by atoms with E-state index in [-0.39, 0.29) is 17.3 Å². The van der Waals surface area contributed by atoms with Crippen molar-refractivity contribution in [1.82, 2.24) is 9.55 Å². The SMILES string of the molecule is O=C(O)C1CC(n2c(O)c[nH]c2=O)c2c(Cl)cc(Cl)cc2N1. The van der Waals surface area contributed by atoms with Crippen LogP contribution in [-0.2, 0) is 4.79 Å². The fourth-order valence-corrected chi connectivity index (χ4v) is 3.32. The van der Waals surface area contributed by atoms with Crippen LogP contribution in [-0.4, -0.2) is 31.8 Å². The van der Waals surface area contributed by atoms with Crippen LogP contribution in [0.2, 0.25) is 10.0 Å². The number of aromatic nitrogens is 2. The van der Waals surface area contributed by atoms with E-state index in [1.54, 1.807) is 6.07 Å². The number of benzene rings is 1. The van der Waals surface area contributed by atoms with Crippen molar-refractivity contribution in [3.05, 3.63) is 44.4 Å². The van der Waals surface area contributed by atoms with Crippen molar-refractivity contribution in [2.75, 3.05) is 5.32 Å². The fourth-order valence-electron chi connectivity index (χ4n) is 2.70. The third kappa shape index (κ3) is 2.32. The average molecular weight is 344 g/mol. The molecule has 7 nitrogen and oxygen atoms in total. The molecule has 0 saturated carbocycles. The van der Waals surface area contributed by atoms with Crippen LogP contribution in [0.5, 0.6) is 5.88 Å². The Morgan fingerprint density at radius 1 is 1.36 bits per heavy atom. The zero-order valence-corrected chi connectivity index (χ0v) is 12.5. The number of aromatic amines is 1. The number of nitrogens with zero attached hydrogens (tertiary/aromatic N) is 1. The van der Waals surface area contributed by atoms with Crippen molar-refractivity contribution in [2.45, 2.75) is 18.5 Å². The Morgan fingerprint density at radius 3 is 2.68 bits per heavy atom. The molecule has 116 valence electrons. The number of H-pyrrole nitrogens is 1. The van der Waals surface area contributed by atoms with E-state index in [9.17, 15) is 19.8 Å². The molecular formula is C13H11Cl2N3O4. The van der Waals surface area contributed by atoms with Crippen LogP contribution in [0.25, 0.3) is 0 Å². The van der Waals surface area contributed by atoms with E-state index in [1.807, 2.05) is 0 Å². The van der Waals surface area contributed by atoms with E-state index < -0.39 is 23.7 Å². The quantitative estimate of drug-likeness (QED) is 0.667. The van der Waals surface area contributed by atoms with E-state index >= 15 is 0 Å². The standard InChI is InChI=1S/C13H11Cl2N3O4/c14-5-1-6(15)11-7(2-5)17-8(12(20)21)3-9(11)18-10(19)4-16-13(18)22/h1-2,4,8-9,17,19H,3H2,(H,16,22)(H,20,21). The molecule has 1 aliphatic rings. The summed E-state index contributed by atoms with van der Waals surface area (Å²) in [6.45, 7) is 0. The molecule has 3 rings (SSSR count). The number of aromatic hydroxyl groups is 1. The lowest BCUT2D eigenvalue weighted by atomic mass is 9.92. The van der Waals surface area contributed by atoms with Crippen molar-refractivity contribution >= 4 is 34.9 Å². The molecule has 2 unspecified atom stereocenters. The molecule has 2 heterocycles. The van der Waals surface area contributed by atoms with Crippen molar-refractivity contribution in [3.63, 3.8) is 0 Å². The van der Waals surface area contributed by atoms with Gasteiger partial charge >= 0.3 is 11.7 Å². The van der Waals surface area contributed by atoms with E-state index in [2.05, 4.69) is 10.3 Å². The Hall–Kier alpha value is -2.12. The molecule has 9 heteroatoms. The van der Waals surface area contributed by atoms with E-state index in [0.29, 0.717) is 16.3 Å². The summed E-state index contributed by atoms with van der Waals surface area (Å²) in [5.74, 6) is -1.37. The molecule has 0 fully saturated rings. The van der Waals surface area contributed by atoms with Gasteiger partial charge in [-0.3, -0.25) is 4.57 Å². The van der Waals surface area contributed by atoms with Gasteiger partial charge < -0.3 is 20.5 Å². The Balaban J connectivity index is 2.22. The van der Waals surface area contributed by atoms with Gasteiger partial charge in [0.1, 0.15) is 6.04 Å². The summed E-state index contributed by atoms with van der Waals surface area (Å²) < 4.78 is 1.08. The molecular weight excluding hydrogens is 333 g/mol. The maximum atomic E-state index is 11.9. The summed E-state index contributed by atoms with van der Waals surface area (Å²) >= 11 is 12.2. The minimum absolute atomic E-state index is 0.0506. The molecule has 0 amide bonds. The van der Waals surface area contributed by atoms with Crippen LogP contribution >= 0.6 is 23.2 Å². The summed E-state index contributed by atoms with van der Waals surface area (Å²) in [5.41, 5.74) is 0.389. The second kappa shape index (κ2) is 5.26. The third-order valence-electron chi connectivity index (χ3n) is 3.62. The molecule has 0 aliphatic carbocycles. The molecule has 1 aliphatic heterocycles. The number of carboxylic acid groups (broad SMARTS) is 1. The van der Waals surface area contributed by atoms with Gasteiger partial charge in [-0.15, -0.1) is 0 Å². The number of fused-ring (bicyclic) bond motifs is 1. The Morgan fingerprint density at radius 2 is 2.09 bits per heavy atom. The van der Waals surface area contributed by atoms with Crippen molar-refractivity contribution < 1.29 is 15.0 Å². The highest BCUT2D eigenvalue weighted by atomic mass is 35.5. The predicted octanol–water partition coefficient (Wildman–Crippen LogP) is 2.05. The fraction of sp³-hybridized carbons (Fsp3) is 0.231. The summed E-state index contributed by atoms with van der Waals surface area (Å²) in [6, 6.07) is 1.39. The van der Waals surface area contributed by atoms with Crippen LogP contribution in [0.1, 0.15) is 18.0 Å². The van der Waals surface area contributed by atoms with Gasteiger partial charge in [0.2, 0.25) is 5.88 Å². The number of rotatable bonds is 2. The van der Waals surface area contributed by atoms with Gasteiger partial charge in [0, 0.05) is 27.7 Å². The van der Waals surface area contributed by atoms with Crippen LogP contribution in [0.4, 0.5) is 5.69 Å². The first kappa shape index (κ1) is 14.8. The summed E-state index contributed by atoms with van der Waals surface area (Å²) in [4.78, 5) is 25.6. The maximum Gasteiger partial charge on any atom is 0.328 e. The Kier molecular flexibility index (Phi) is 3.54. The zero-order chi connectivity index (χ0) is 16.0. The zero-order valence-electron chi connectivity index (χ0n) is 11.0. The average Bonchev–Trinajstić information content (AvgIpc) is 2.76. The number of hydrogen-bond donors (Lipinski definition) is 4. The highest BCUT2D eigenvalue weighted by Crippen LogP contribution is 2.42. The molecule has 0 radical (unpaired) electrons. The first-order valence-corrected chi connectivity index (χ1v) is 7.11. The normalized spacial score (nSPS) is 20.3. The topological polar surface area (TPSA) is 107 Å². The lowest BCUT2D eigenvalue weighted by Gasteiger charge is -2.32. The van der Waals surface area contributed by atoms with E-state index in [1.165, 1.54) is 6.07 Å². The van der Waals surface area contributed by atoms with Gasteiger partial charge in [0.15, 0.2) is 0 Å². The number of aliphatic carboxylic acids is 1. The lowest BCUT2D eigenvalue weighted by molar-refractivity contribution is -0.138. The van der Waals surface area contributed by atoms with Gasteiger partial charge in [0.05, 0.1) is 12.2 Å². The second-order valence-corrected chi connectivity index (χ2v) is 5.80. The smallest absolute Gasteiger partial charge is 0.328 e. The summed E-state index contributed by atoms with van der Waals surface area (Å²) in [7, 11) is 0. The number of carbonyl (C=O) groups is 1. The lowest BCUT2D eigenvalue weighted by Crippen LogP contribution is -2.39. The molecule has 22 heavy (non-hydrogen) atoms. The van der Waals surface area contributed by atoms with Crippen LogP contribution in [0, 0.1) is 0 Å². The Labute approximate surface area is 134 Å². The number of carboxylic acids is 1. The number of halogens is 2. The van der Waals surface area contributed by atoms with Crippen molar-refractivity contribution in [3.8, 4) is 5.88 Å². The third-order valence-corrected chi connectivity index (χ3v) is 4.15. The number of hydrogen-bond acceptors (Lipinski definition) is 4. The number of anilines is 1. The maximum absolute atomic E-state index is 11.9. The summed E-state index contributed by atoms with van der Waals surface area (Å²) in [5, 5.41) is 22.6. The minimum Gasteiger partial charge on any atom is -0.493 e. The monoisotopic (exact) mass is 343 g/mol. The number of imidazole rings is 1. The van der Waals surface area contributed by atoms with Crippen LogP contribution in [0.15, 0.2) is 23.1 Å². The second-order valence-electron chi connectivity index (χ2n) is 4.96. The van der Waals surface area contributed by atoms with Gasteiger partial charge in [-0.05, 0) is 12.1 Å². The van der Waals surface area contributed by atoms with Gasteiger partial charge in [-0.25, -0.2) is 9.59 Å². The molecule has 0 saturated heterocycles.